The second-order valence-corrected chi connectivity index (χ2v) is 4.95. The average Bonchev–Trinajstić information content (AvgIpc) is 2.36. The molecule has 0 saturated heterocycles. The Kier molecular flexibility index (Phi) is 5.55. The van der Waals surface area contributed by atoms with Crippen LogP contribution in [0.15, 0.2) is 6.33 Å². The number of aromatic nitrogens is 2. The second kappa shape index (κ2) is 6.69. The van der Waals surface area contributed by atoms with E-state index in [1.54, 1.807) is 6.33 Å². The van der Waals surface area contributed by atoms with Gasteiger partial charge in [0, 0.05) is 31.5 Å². The monoisotopic (exact) mass is 254 g/mol. The van der Waals surface area contributed by atoms with Crippen LogP contribution < -0.4 is 10.2 Å². The van der Waals surface area contributed by atoms with Crippen molar-refractivity contribution >= 4 is 23.4 Å². The van der Waals surface area contributed by atoms with Crippen molar-refractivity contribution in [3.8, 4) is 0 Å². The molecule has 96 valence electrons. The summed E-state index contributed by atoms with van der Waals surface area (Å²) in [6.45, 7) is 4.35. The van der Waals surface area contributed by atoms with Crippen LogP contribution in [0.5, 0.6) is 0 Å². The van der Waals surface area contributed by atoms with Crippen LogP contribution in [0, 0.1) is 0 Å². The van der Waals surface area contributed by atoms with Crippen molar-refractivity contribution in [2.45, 2.75) is 26.3 Å². The summed E-state index contributed by atoms with van der Waals surface area (Å²) in [7, 11) is 4.00. The molecule has 0 spiro atoms. The van der Waals surface area contributed by atoms with Gasteiger partial charge in [0.15, 0.2) is 0 Å². The van der Waals surface area contributed by atoms with E-state index in [-0.39, 0.29) is 0 Å². The predicted molar refractivity (Wildman–Crippen MR) is 77.2 cm³/mol. The molecule has 0 aliphatic heterocycles. The third-order valence-corrected chi connectivity index (χ3v) is 3.73. The van der Waals surface area contributed by atoms with E-state index < -0.39 is 0 Å². The van der Waals surface area contributed by atoms with Gasteiger partial charge >= 0.3 is 0 Å². The van der Waals surface area contributed by atoms with E-state index in [4.69, 9.17) is 0 Å². The van der Waals surface area contributed by atoms with Gasteiger partial charge in [-0.05, 0) is 19.6 Å². The third kappa shape index (κ3) is 3.25. The Hall–Kier alpha value is -0.970. The molecule has 0 bridgehead atoms. The van der Waals surface area contributed by atoms with Crippen molar-refractivity contribution in [3.05, 3.63) is 11.9 Å². The number of rotatable bonds is 6. The number of nitrogens with zero attached hydrogens (tertiary/aromatic N) is 3. The van der Waals surface area contributed by atoms with Crippen LogP contribution in [0.3, 0.4) is 0 Å². The lowest BCUT2D eigenvalue weighted by Gasteiger charge is -2.27. The highest BCUT2D eigenvalue weighted by molar-refractivity contribution is 7.98. The molecule has 0 aromatic carbocycles. The number of hydrogen-bond acceptors (Lipinski definition) is 5. The maximum Gasteiger partial charge on any atom is 0.137 e. The van der Waals surface area contributed by atoms with Crippen molar-refractivity contribution in [1.82, 2.24) is 9.97 Å². The van der Waals surface area contributed by atoms with Gasteiger partial charge in [0.2, 0.25) is 0 Å². The van der Waals surface area contributed by atoms with Gasteiger partial charge in [0.1, 0.15) is 18.0 Å². The first-order valence-electron chi connectivity index (χ1n) is 5.89. The maximum atomic E-state index is 4.43. The van der Waals surface area contributed by atoms with E-state index in [1.165, 1.54) is 5.56 Å². The molecule has 0 fully saturated rings. The van der Waals surface area contributed by atoms with E-state index in [2.05, 4.69) is 47.3 Å². The lowest BCUT2D eigenvalue weighted by Crippen LogP contribution is -2.32. The van der Waals surface area contributed by atoms with Crippen LogP contribution in [0.4, 0.5) is 11.6 Å². The highest BCUT2D eigenvalue weighted by Crippen LogP contribution is 2.24. The van der Waals surface area contributed by atoms with Gasteiger partial charge in [-0.25, -0.2) is 9.97 Å². The fourth-order valence-corrected chi connectivity index (χ4v) is 2.52. The van der Waals surface area contributed by atoms with Gasteiger partial charge in [0.25, 0.3) is 0 Å². The van der Waals surface area contributed by atoms with Crippen molar-refractivity contribution in [3.63, 3.8) is 0 Å². The topological polar surface area (TPSA) is 41.1 Å². The zero-order valence-corrected chi connectivity index (χ0v) is 12.1. The van der Waals surface area contributed by atoms with Crippen LogP contribution in [-0.4, -0.2) is 42.1 Å². The largest absolute Gasteiger partial charge is 0.373 e. The molecule has 1 unspecified atom stereocenters. The molecule has 0 aliphatic rings. The Balaban J connectivity index is 3.03. The number of hydrogen-bond donors (Lipinski definition) is 1. The number of thioether (sulfide) groups is 1. The van der Waals surface area contributed by atoms with Gasteiger partial charge in [0.05, 0.1) is 0 Å². The van der Waals surface area contributed by atoms with E-state index >= 15 is 0 Å². The minimum Gasteiger partial charge on any atom is -0.373 e. The quantitative estimate of drug-likeness (QED) is 0.843. The summed E-state index contributed by atoms with van der Waals surface area (Å²) in [4.78, 5) is 10.9. The van der Waals surface area contributed by atoms with Crippen LogP contribution in [0.25, 0.3) is 0 Å². The van der Waals surface area contributed by atoms with Crippen molar-refractivity contribution in [2.75, 3.05) is 36.3 Å². The number of nitrogens with one attached hydrogen (secondary N) is 1. The summed E-state index contributed by atoms with van der Waals surface area (Å²) in [5.41, 5.74) is 1.19. The van der Waals surface area contributed by atoms with E-state index in [1.807, 2.05) is 18.8 Å². The van der Waals surface area contributed by atoms with Crippen LogP contribution in [-0.2, 0) is 6.42 Å². The van der Waals surface area contributed by atoms with E-state index in [9.17, 15) is 0 Å². The first-order valence-corrected chi connectivity index (χ1v) is 7.28. The van der Waals surface area contributed by atoms with Crippen molar-refractivity contribution in [1.29, 1.82) is 0 Å². The Bertz CT molecular complexity index is 356. The van der Waals surface area contributed by atoms with Gasteiger partial charge in [-0.2, -0.15) is 11.8 Å². The fraction of sp³-hybridized carbons (Fsp3) is 0.667. The summed E-state index contributed by atoms with van der Waals surface area (Å²) in [5, 5.41) is 3.13. The van der Waals surface area contributed by atoms with Crippen molar-refractivity contribution in [2.24, 2.45) is 0 Å². The maximum absolute atomic E-state index is 4.43. The first kappa shape index (κ1) is 14.1. The summed E-state index contributed by atoms with van der Waals surface area (Å²) < 4.78 is 0. The minimum absolute atomic E-state index is 0.468. The molecule has 0 radical (unpaired) electrons. The molecule has 5 heteroatoms. The molecule has 1 aromatic heterocycles. The standard InChI is InChI=1S/C12H22N4S/c1-6-10-11(13-3)14-8-15-12(10)16(4)9(2)7-17-5/h8-9H,6-7H2,1-5H3,(H,13,14,15). The lowest BCUT2D eigenvalue weighted by molar-refractivity contribution is 0.745. The summed E-state index contributed by atoms with van der Waals surface area (Å²) in [5.74, 6) is 3.06. The Morgan fingerprint density at radius 3 is 2.71 bits per heavy atom. The third-order valence-electron chi connectivity index (χ3n) is 2.92. The molecular formula is C12H22N4S. The summed E-state index contributed by atoms with van der Waals surface area (Å²) >= 11 is 1.86. The Labute approximate surface area is 108 Å². The van der Waals surface area contributed by atoms with Gasteiger partial charge in [-0.1, -0.05) is 6.92 Å². The Morgan fingerprint density at radius 2 is 2.18 bits per heavy atom. The van der Waals surface area contributed by atoms with Gasteiger partial charge in [-0.15, -0.1) is 0 Å². The van der Waals surface area contributed by atoms with Crippen molar-refractivity contribution < 1.29 is 0 Å². The molecule has 17 heavy (non-hydrogen) atoms. The predicted octanol–water partition coefficient (Wildman–Crippen LogP) is 2.27. The lowest BCUT2D eigenvalue weighted by atomic mass is 10.2. The SMILES string of the molecule is CCc1c(NC)ncnc1N(C)C(C)CSC. The second-order valence-electron chi connectivity index (χ2n) is 4.04. The molecule has 1 rings (SSSR count). The molecule has 4 nitrogen and oxygen atoms in total. The molecule has 1 aromatic rings. The van der Waals surface area contributed by atoms with E-state index in [0.717, 1.165) is 23.8 Å². The van der Waals surface area contributed by atoms with Crippen LogP contribution >= 0.6 is 11.8 Å². The first-order chi connectivity index (χ1) is 8.15. The average molecular weight is 254 g/mol. The Morgan fingerprint density at radius 1 is 1.47 bits per heavy atom. The molecule has 0 aliphatic carbocycles. The molecule has 1 atom stereocenters. The number of anilines is 2. The van der Waals surface area contributed by atoms with E-state index in [0.29, 0.717) is 6.04 Å². The zero-order chi connectivity index (χ0) is 12.8. The van der Waals surface area contributed by atoms with Gasteiger partial charge in [-0.3, -0.25) is 0 Å². The fourth-order valence-electron chi connectivity index (χ4n) is 1.81. The highest BCUT2D eigenvalue weighted by atomic mass is 32.2. The van der Waals surface area contributed by atoms with Crippen LogP contribution in [0.2, 0.25) is 0 Å². The smallest absolute Gasteiger partial charge is 0.137 e. The molecule has 1 N–H and O–H groups in total. The van der Waals surface area contributed by atoms with Gasteiger partial charge < -0.3 is 10.2 Å². The van der Waals surface area contributed by atoms with Crippen LogP contribution in [0.1, 0.15) is 19.4 Å². The zero-order valence-electron chi connectivity index (χ0n) is 11.3. The minimum atomic E-state index is 0.468. The molecule has 0 saturated carbocycles. The highest BCUT2D eigenvalue weighted by Gasteiger charge is 2.16. The molecule has 1 heterocycles. The molecule has 0 amide bonds. The normalized spacial score (nSPS) is 12.3. The summed E-state index contributed by atoms with van der Waals surface area (Å²) in [6, 6.07) is 0.468. The summed E-state index contributed by atoms with van der Waals surface area (Å²) in [6.07, 6.45) is 4.69. The molecular weight excluding hydrogens is 232 g/mol.